The maximum absolute atomic E-state index is 11.1. The average Bonchev–Trinajstić information content (AvgIpc) is 2.51. The lowest BCUT2D eigenvalue weighted by atomic mass is 10.2. The molecule has 2 aliphatic rings. The highest BCUT2D eigenvalue weighted by atomic mass is 16.2. The number of amides is 2. The first-order valence-electron chi connectivity index (χ1n) is 4.76. The quantitative estimate of drug-likeness (QED) is 0.592. The smallest absolute Gasteiger partial charge is 0.229 e. The van der Waals surface area contributed by atoms with E-state index in [1.54, 1.807) is 0 Å². The SMILES string of the molecule is NC(=O)CC(=O)NC1[C@H]2CCC[C@@H]12. The van der Waals surface area contributed by atoms with E-state index in [4.69, 9.17) is 5.73 Å². The number of nitrogens with two attached hydrogens (primary N) is 1. The molecular formula is C9H14N2O2. The van der Waals surface area contributed by atoms with Crippen LogP contribution >= 0.6 is 0 Å². The van der Waals surface area contributed by atoms with Gasteiger partial charge in [-0.05, 0) is 24.7 Å². The van der Waals surface area contributed by atoms with Crippen molar-refractivity contribution in [2.75, 3.05) is 0 Å². The molecule has 0 aromatic rings. The van der Waals surface area contributed by atoms with E-state index in [0.29, 0.717) is 17.9 Å². The lowest BCUT2D eigenvalue weighted by Crippen LogP contribution is -2.32. The Morgan fingerprint density at radius 3 is 2.46 bits per heavy atom. The third-order valence-electron chi connectivity index (χ3n) is 3.07. The maximum Gasteiger partial charge on any atom is 0.229 e. The van der Waals surface area contributed by atoms with Crippen molar-refractivity contribution in [3.63, 3.8) is 0 Å². The van der Waals surface area contributed by atoms with Crippen molar-refractivity contribution in [2.24, 2.45) is 17.6 Å². The standard InChI is InChI=1S/C9H14N2O2/c10-7(12)4-8(13)11-9-5-2-1-3-6(5)9/h5-6,9H,1-4H2,(H2,10,12)(H,11,13)/t5-,6+,9?. The topological polar surface area (TPSA) is 72.2 Å². The van der Waals surface area contributed by atoms with Crippen LogP contribution in [0.25, 0.3) is 0 Å². The van der Waals surface area contributed by atoms with Crippen LogP contribution in [-0.4, -0.2) is 17.9 Å². The van der Waals surface area contributed by atoms with Gasteiger partial charge in [0.2, 0.25) is 11.8 Å². The molecule has 2 fully saturated rings. The average molecular weight is 182 g/mol. The molecule has 0 aromatic heterocycles. The van der Waals surface area contributed by atoms with E-state index < -0.39 is 5.91 Å². The lowest BCUT2D eigenvalue weighted by Gasteiger charge is -2.04. The Bertz CT molecular complexity index is 242. The Labute approximate surface area is 76.9 Å². The Morgan fingerprint density at radius 2 is 1.92 bits per heavy atom. The fraction of sp³-hybridized carbons (Fsp3) is 0.778. The van der Waals surface area contributed by atoms with Crippen molar-refractivity contribution in [1.29, 1.82) is 0 Å². The summed E-state index contributed by atoms with van der Waals surface area (Å²) in [4.78, 5) is 21.5. The second-order valence-electron chi connectivity index (χ2n) is 3.99. The Hall–Kier alpha value is -1.06. The summed E-state index contributed by atoms with van der Waals surface area (Å²) in [5.74, 6) is 0.615. The largest absolute Gasteiger partial charge is 0.369 e. The van der Waals surface area contributed by atoms with Crippen LogP contribution in [0.3, 0.4) is 0 Å². The van der Waals surface area contributed by atoms with Crippen molar-refractivity contribution in [3.8, 4) is 0 Å². The van der Waals surface area contributed by atoms with Crippen LogP contribution in [0.4, 0.5) is 0 Å². The zero-order valence-electron chi connectivity index (χ0n) is 7.45. The molecule has 0 aromatic carbocycles. The summed E-state index contributed by atoms with van der Waals surface area (Å²) in [5.41, 5.74) is 4.91. The molecule has 3 atom stereocenters. The second kappa shape index (κ2) is 3.01. The molecule has 2 aliphatic carbocycles. The fourth-order valence-electron chi connectivity index (χ4n) is 2.43. The first-order valence-corrected chi connectivity index (χ1v) is 4.76. The number of primary amides is 1. The number of carbonyl (C=O) groups is 2. The lowest BCUT2D eigenvalue weighted by molar-refractivity contribution is -0.127. The van der Waals surface area contributed by atoms with E-state index in [1.807, 2.05) is 0 Å². The number of rotatable bonds is 3. The maximum atomic E-state index is 11.1. The van der Waals surface area contributed by atoms with Gasteiger partial charge in [0.1, 0.15) is 6.42 Å². The van der Waals surface area contributed by atoms with Crippen molar-refractivity contribution in [1.82, 2.24) is 5.32 Å². The third-order valence-corrected chi connectivity index (χ3v) is 3.07. The zero-order valence-corrected chi connectivity index (χ0v) is 7.45. The predicted octanol–water partition coefficient (Wildman–Crippen LogP) is -0.224. The summed E-state index contributed by atoms with van der Waals surface area (Å²) in [6.45, 7) is 0. The molecule has 0 aliphatic heterocycles. The molecular weight excluding hydrogens is 168 g/mol. The summed E-state index contributed by atoms with van der Waals surface area (Å²) in [6, 6.07) is 0.348. The molecule has 2 amide bonds. The van der Waals surface area contributed by atoms with Gasteiger partial charge in [-0.25, -0.2) is 0 Å². The molecule has 3 N–H and O–H groups in total. The van der Waals surface area contributed by atoms with Gasteiger partial charge in [-0.3, -0.25) is 9.59 Å². The van der Waals surface area contributed by atoms with E-state index in [0.717, 1.165) is 0 Å². The molecule has 2 rings (SSSR count). The van der Waals surface area contributed by atoms with Crippen molar-refractivity contribution >= 4 is 11.8 Å². The molecule has 0 saturated heterocycles. The molecule has 0 bridgehead atoms. The van der Waals surface area contributed by atoms with Gasteiger partial charge in [0.15, 0.2) is 0 Å². The highest BCUT2D eigenvalue weighted by Gasteiger charge is 2.53. The fourth-order valence-corrected chi connectivity index (χ4v) is 2.43. The van der Waals surface area contributed by atoms with Gasteiger partial charge in [0.25, 0.3) is 0 Å². The summed E-state index contributed by atoms with van der Waals surface area (Å²) < 4.78 is 0. The summed E-state index contributed by atoms with van der Waals surface area (Å²) in [7, 11) is 0. The predicted molar refractivity (Wildman–Crippen MR) is 46.6 cm³/mol. The third kappa shape index (κ3) is 1.66. The van der Waals surface area contributed by atoms with Gasteiger partial charge in [-0.1, -0.05) is 6.42 Å². The second-order valence-corrected chi connectivity index (χ2v) is 3.99. The molecule has 0 heterocycles. The molecule has 0 radical (unpaired) electrons. The van der Waals surface area contributed by atoms with Gasteiger partial charge < -0.3 is 11.1 Å². The van der Waals surface area contributed by atoms with E-state index >= 15 is 0 Å². The Balaban J connectivity index is 1.74. The summed E-state index contributed by atoms with van der Waals surface area (Å²) in [5, 5.41) is 2.85. The van der Waals surface area contributed by atoms with Gasteiger partial charge in [0.05, 0.1) is 0 Å². The number of hydrogen-bond donors (Lipinski definition) is 2. The van der Waals surface area contributed by atoms with Crippen molar-refractivity contribution < 1.29 is 9.59 Å². The molecule has 4 heteroatoms. The number of nitrogens with one attached hydrogen (secondary N) is 1. The van der Waals surface area contributed by atoms with Crippen LogP contribution in [0, 0.1) is 11.8 Å². The minimum absolute atomic E-state index is 0.171. The molecule has 1 unspecified atom stereocenters. The van der Waals surface area contributed by atoms with Gasteiger partial charge in [-0.2, -0.15) is 0 Å². The monoisotopic (exact) mass is 182 g/mol. The molecule has 2 saturated carbocycles. The van der Waals surface area contributed by atoms with E-state index in [9.17, 15) is 9.59 Å². The minimum atomic E-state index is -0.552. The van der Waals surface area contributed by atoms with Crippen LogP contribution in [0.2, 0.25) is 0 Å². The Morgan fingerprint density at radius 1 is 1.31 bits per heavy atom. The summed E-state index contributed by atoms with van der Waals surface area (Å²) >= 11 is 0. The van der Waals surface area contributed by atoms with Crippen molar-refractivity contribution in [3.05, 3.63) is 0 Å². The molecule has 72 valence electrons. The molecule has 4 nitrogen and oxygen atoms in total. The Kier molecular flexibility index (Phi) is 1.98. The molecule has 13 heavy (non-hydrogen) atoms. The van der Waals surface area contributed by atoms with E-state index in [-0.39, 0.29) is 12.3 Å². The highest BCUT2D eigenvalue weighted by Crippen LogP contribution is 2.51. The number of carbonyl (C=O) groups excluding carboxylic acids is 2. The zero-order chi connectivity index (χ0) is 9.42. The van der Waals surface area contributed by atoms with Crippen LogP contribution < -0.4 is 11.1 Å². The number of hydrogen-bond acceptors (Lipinski definition) is 2. The van der Waals surface area contributed by atoms with Gasteiger partial charge in [0, 0.05) is 6.04 Å². The van der Waals surface area contributed by atoms with Gasteiger partial charge >= 0.3 is 0 Å². The number of fused-ring (bicyclic) bond motifs is 1. The normalized spacial score (nSPS) is 35.2. The first kappa shape index (κ1) is 8.53. The first-order chi connectivity index (χ1) is 6.18. The van der Waals surface area contributed by atoms with Gasteiger partial charge in [-0.15, -0.1) is 0 Å². The van der Waals surface area contributed by atoms with Crippen molar-refractivity contribution in [2.45, 2.75) is 31.7 Å². The van der Waals surface area contributed by atoms with Crippen LogP contribution in [0.1, 0.15) is 25.7 Å². The molecule has 0 spiro atoms. The minimum Gasteiger partial charge on any atom is -0.369 e. The highest BCUT2D eigenvalue weighted by molar-refractivity contribution is 5.96. The van der Waals surface area contributed by atoms with Crippen LogP contribution in [0.15, 0.2) is 0 Å². The van der Waals surface area contributed by atoms with Crippen LogP contribution in [0.5, 0.6) is 0 Å². The van der Waals surface area contributed by atoms with E-state index in [2.05, 4.69) is 5.32 Å². The van der Waals surface area contributed by atoms with E-state index in [1.165, 1.54) is 19.3 Å². The summed E-state index contributed by atoms with van der Waals surface area (Å²) in [6.07, 6.45) is 3.58. The van der Waals surface area contributed by atoms with Crippen LogP contribution in [-0.2, 0) is 9.59 Å².